The number of amides is 1. The van der Waals surface area contributed by atoms with E-state index in [2.05, 4.69) is 4.90 Å². The van der Waals surface area contributed by atoms with Gasteiger partial charge >= 0.3 is 0 Å². The highest BCUT2D eigenvalue weighted by Gasteiger charge is 2.37. The van der Waals surface area contributed by atoms with Gasteiger partial charge in [0.15, 0.2) is 0 Å². The van der Waals surface area contributed by atoms with Crippen LogP contribution in [0.15, 0.2) is 17.5 Å². The van der Waals surface area contributed by atoms with Crippen molar-refractivity contribution < 1.29 is 9.90 Å². The molecule has 2 aliphatic heterocycles. The first kappa shape index (κ1) is 16.0. The molecule has 2 saturated heterocycles. The Morgan fingerprint density at radius 1 is 1.18 bits per heavy atom. The van der Waals surface area contributed by atoms with Crippen molar-refractivity contribution in [2.75, 3.05) is 26.2 Å². The molecule has 2 aliphatic rings. The van der Waals surface area contributed by atoms with Gasteiger partial charge in [-0.15, -0.1) is 11.3 Å². The van der Waals surface area contributed by atoms with Crippen molar-refractivity contribution in [3.8, 4) is 0 Å². The molecule has 0 unspecified atom stereocenters. The first-order valence-corrected chi connectivity index (χ1v) is 9.34. The van der Waals surface area contributed by atoms with Crippen LogP contribution in [0, 0.1) is 0 Å². The van der Waals surface area contributed by atoms with Gasteiger partial charge in [0.1, 0.15) is 0 Å². The summed E-state index contributed by atoms with van der Waals surface area (Å²) in [7, 11) is 0. The number of nitrogens with zero attached hydrogens (tertiary/aromatic N) is 2. The molecular weight excluding hydrogens is 296 g/mol. The summed E-state index contributed by atoms with van der Waals surface area (Å²) in [5.41, 5.74) is 0. The maximum absolute atomic E-state index is 12.4. The average molecular weight is 322 g/mol. The van der Waals surface area contributed by atoms with Crippen LogP contribution >= 0.6 is 11.3 Å². The summed E-state index contributed by atoms with van der Waals surface area (Å²) in [4.78, 5) is 17.8. The second-order valence-electron chi connectivity index (χ2n) is 6.49. The third kappa shape index (κ3) is 3.89. The molecule has 0 radical (unpaired) electrons. The van der Waals surface area contributed by atoms with E-state index < -0.39 is 6.10 Å². The van der Waals surface area contributed by atoms with Gasteiger partial charge in [0.25, 0.3) is 0 Å². The fourth-order valence-electron chi connectivity index (χ4n) is 3.61. The second kappa shape index (κ2) is 7.57. The normalized spacial score (nSPS) is 27.6. The van der Waals surface area contributed by atoms with Crippen LogP contribution in [0.1, 0.15) is 37.0 Å². The zero-order chi connectivity index (χ0) is 15.4. The van der Waals surface area contributed by atoms with Gasteiger partial charge in [-0.25, -0.2) is 0 Å². The Kier molecular flexibility index (Phi) is 5.50. The van der Waals surface area contributed by atoms with Gasteiger partial charge in [-0.2, -0.15) is 0 Å². The third-order valence-corrected chi connectivity index (χ3v) is 5.75. The molecule has 122 valence electrons. The Morgan fingerprint density at radius 3 is 2.59 bits per heavy atom. The van der Waals surface area contributed by atoms with Crippen molar-refractivity contribution in [3.05, 3.63) is 22.4 Å². The predicted molar refractivity (Wildman–Crippen MR) is 89.1 cm³/mol. The van der Waals surface area contributed by atoms with E-state index in [1.807, 2.05) is 22.4 Å². The van der Waals surface area contributed by atoms with E-state index in [0.717, 1.165) is 18.0 Å². The Balaban J connectivity index is 1.57. The monoisotopic (exact) mass is 322 g/mol. The van der Waals surface area contributed by atoms with Gasteiger partial charge in [-0.1, -0.05) is 25.3 Å². The number of carbonyl (C=O) groups excluding carboxylic acids is 1. The summed E-state index contributed by atoms with van der Waals surface area (Å²) in [6, 6.07) is 4.12. The van der Waals surface area contributed by atoms with Crippen LogP contribution in [0.4, 0.5) is 0 Å². The van der Waals surface area contributed by atoms with Gasteiger partial charge in [-0.05, 0) is 37.4 Å². The minimum atomic E-state index is -0.397. The summed E-state index contributed by atoms with van der Waals surface area (Å²) in [6.45, 7) is 3.31. The third-order valence-electron chi connectivity index (χ3n) is 4.88. The zero-order valence-electron chi connectivity index (χ0n) is 13.1. The molecule has 2 atom stereocenters. The number of thiophene rings is 1. The topological polar surface area (TPSA) is 43.8 Å². The van der Waals surface area contributed by atoms with E-state index in [9.17, 15) is 9.90 Å². The lowest BCUT2D eigenvalue weighted by Gasteiger charge is -2.31. The molecule has 1 aromatic heterocycles. The van der Waals surface area contributed by atoms with Crippen LogP contribution in [-0.4, -0.2) is 59.1 Å². The molecule has 4 nitrogen and oxygen atoms in total. The molecule has 2 fully saturated rings. The Bertz CT molecular complexity index is 469. The first-order valence-electron chi connectivity index (χ1n) is 8.46. The van der Waals surface area contributed by atoms with Crippen LogP contribution in [-0.2, 0) is 11.2 Å². The van der Waals surface area contributed by atoms with Gasteiger partial charge in [0.05, 0.1) is 18.6 Å². The van der Waals surface area contributed by atoms with Gasteiger partial charge in [0.2, 0.25) is 5.91 Å². The van der Waals surface area contributed by atoms with E-state index in [1.165, 1.54) is 32.1 Å². The summed E-state index contributed by atoms with van der Waals surface area (Å²) < 4.78 is 0. The number of hydrogen-bond acceptors (Lipinski definition) is 4. The van der Waals surface area contributed by atoms with E-state index in [-0.39, 0.29) is 11.9 Å². The minimum absolute atomic E-state index is 0.130. The van der Waals surface area contributed by atoms with Crippen molar-refractivity contribution in [2.45, 2.75) is 50.7 Å². The maximum atomic E-state index is 12.4. The molecule has 5 heteroatoms. The fourth-order valence-corrected chi connectivity index (χ4v) is 4.31. The smallest absolute Gasteiger partial charge is 0.227 e. The molecule has 3 heterocycles. The van der Waals surface area contributed by atoms with Crippen molar-refractivity contribution in [1.29, 1.82) is 0 Å². The molecule has 1 aromatic rings. The Morgan fingerprint density at radius 2 is 1.91 bits per heavy atom. The minimum Gasteiger partial charge on any atom is -0.390 e. The van der Waals surface area contributed by atoms with E-state index in [4.69, 9.17) is 0 Å². The summed E-state index contributed by atoms with van der Waals surface area (Å²) in [6.07, 6.45) is 6.43. The molecule has 1 amide bonds. The summed E-state index contributed by atoms with van der Waals surface area (Å²) >= 11 is 1.62. The standard InChI is InChI=1S/C17H26N2O2S/c20-16-13-19(17(21)11-14-7-6-10-22-14)12-15(16)18-8-4-2-1-3-5-9-18/h6-7,10,15-16,20H,1-5,8-9,11-13H2/t15-,16-/m0/s1. The molecular formula is C17H26N2O2S. The highest BCUT2D eigenvalue weighted by Crippen LogP contribution is 2.21. The first-order chi connectivity index (χ1) is 10.7. The molecule has 0 aromatic carbocycles. The largest absolute Gasteiger partial charge is 0.390 e. The lowest BCUT2D eigenvalue weighted by molar-refractivity contribution is -0.129. The fraction of sp³-hybridized carbons (Fsp3) is 0.706. The quantitative estimate of drug-likeness (QED) is 0.927. The second-order valence-corrected chi connectivity index (χ2v) is 7.53. The zero-order valence-corrected chi connectivity index (χ0v) is 13.9. The van der Waals surface area contributed by atoms with Crippen LogP contribution < -0.4 is 0 Å². The lowest BCUT2D eigenvalue weighted by atomic mass is 10.1. The average Bonchev–Trinajstić information content (AvgIpc) is 3.08. The van der Waals surface area contributed by atoms with Crippen molar-refractivity contribution in [1.82, 2.24) is 9.80 Å². The number of aliphatic hydroxyl groups is 1. The molecule has 1 N–H and O–H groups in total. The van der Waals surface area contributed by atoms with E-state index in [0.29, 0.717) is 19.5 Å². The van der Waals surface area contributed by atoms with Crippen LogP contribution in [0.2, 0.25) is 0 Å². The van der Waals surface area contributed by atoms with Gasteiger partial charge < -0.3 is 10.0 Å². The van der Waals surface area contributed by atoms with Crippen LogP contribution in [0.3, 0.4) is 0 Å². The molecule has 0 bridgehead atoms. The molecule has 0 aliphatic carbocycles. The van der Waals surface area contributed by atoms with Gasteiger partial charge in [0, 0.05) is 18.0 Å². The number of rotatable bonds is 3. The summed E-state index contributed by atoms with van der Waals surface area (Å²) in [5.74, 6) is 0.149. The number of β-amino-alcohol motifs (C(OH)–C–C–N with tert-alkyl or cyclic N) is 1. The van der Waals surface area contributed by atoms with Crippen molar-refractivity contribution >= 4 is 17.2 Å². The summed E-state index contributed by atoms with van der Waals surface area (Å²) in [5, 5.41) is 12.4. The maximum Gasteiger partial charge on any atom is 0.227 e. The van der Waals surface area contributed by atoms with Crippen LogP contribution in [0.5, 0.6) is 0 Å². The number of hydrogen-bond donors (Lipinski definition) is 1. The molecule has 22 heavy (non-hydrogen) atoms. The highest BCUT2D eigenvalue weighted by atomic mass is 32.1. The molecule has 3 rings (SSSR count). The SMILES string of the molecule is O=C(Cc1cccs1)N1C[C@H](O)[C@@H](N2CCCCCCC2)C1. The molecule has 0 spiro atoms. The highest BCUT2D eigenvalue weighted by molar-refractivity contribution is 7.10. The van der Waals surface area contributed by atoms with Gasteiger partial charge in [-0.3, -0.25) is 9.69 Å². The Hall–Kier alpha value is -0.910. The Labute approximate surface area is 136 Å². The van der Waals surface area contributed by atoms with Crippen LogP contribution in [0.25, 0.3) is 0 Å². The molecule has 0 saturated carbocycles. The predicted octanol–water partition coefficient (Wildman–Crippen LogP) is 2.13. The van der Waals surface area contributed by atoms with E-state index in [1.54, 1.807) is 11.3 Å². The number of carbonyl (C=O) groups is 1. The van der Waals surface area contributed by atoms with E-state index >= 15 is 0 Å². The van der Waals surface area contributed by atoms with Crippen molar-refractivity contribution in [3.63, 3.8) is 0 Å². The number of likely N-dealkylation sites (tertiary alicyclic amines) is 2. The number of aliphatic hydroxyl groups excluding tert-OH is 1. The lowest BCUT2D eigenvalue weighted by Crippen LogP contribution is -2.45. The van der Waals surface area contributed by atoms with Crippen molar-refractivity contribution in [2.24, 2.45) is 0 Å².